The molecule has 20 heavy (non-hydrogen) atoms. The van der Waals surface area contributed by atoms with E-state index in [-0.39, 0.29) is 12.1 Å². The number of carbonyl (C=O) groups excluding carboxylic acids is 1. The Bertz CT molecular complexity index is 736. The molecule has 0 N–H and O–H groups in total. The van der Waals surface area contributed by atoms with Gasteiger partial charge in [-0.3, -0.25) is 4.79 Å². The van der Waals surface area contributed by atoms with Crippen LogP contribution in [0.2, 0.25) is 0 Å². The quantitative estimate of drug-likeness (QED) is 0.499. The third-order valence-electron chi connectivity index (χ3n) is 3.56. The molecule has 0 radical (unpaired) electrons. The predicted octanol–water partition coefficient (Wildman–Crippen LogP) is 4.62. The van der Waals surface area contributed by atoms with E-state index in [1.165, 1.54) is 17.7 Å². The third-order valence-corrected chi connectivity index (χ3v) is 3.56. The van der Waals surface area contributed by atoms with Crippen molar-refractivity contribution in [3.63, 3.8) is 0 Å². The molecule has 3 rings (SSSR count). The van der Waals surface area contributed by atoms with Crippen molar-refractivity contribution in [3.8, 4) is 0 Å². The minimum atomic E-state index is -0.261. The largest absolute Gasteiger partial charge is 0.458 e. The Kier molecular flexibility index (Phi) is 3.15. The first kappa shape index (κ1) is 12.7. The van der Waals surface area contributed by atoms with Gasteiger partial charge in [-0.05, 0) is 34.5 Å². The van der Waals surface area contributed by atoms with E-state index < -0.39 is 0 Å². The zero-order valence-corrected chi connectivity index (χ0v) is 11.6. The summed E-state index contributed by atoms with van der Waals surface area (Å²) >= 11 is 0. The second-order valence-corrected chi connectivity index (χ2v) is 4.98. The average Bonchev–Trinajstić information content (AvgIpc) is 2.43. The highest BCUT2D eigenvalue weighted by molar-refractivity contribution is 6.02. The van der Waals surface area contributed by atoms with Crippen molar-refractivity contribution in [2.24, 2.45) is 0 Å². The third kappa shape index (κ3) is 2.14. The minimum Gasteiger partial charge on any atom is -0.458 e. The van der Waals surface area contributed by atoms with Gasteiger partial charge in [0.05, 0.1) is 0 Å². The smallest absolute Gasteiger partial charge is 0.303 e. The SMILES string of the molecule is CC(=O)O[C@@H](C)c1c2ccccc2cc2ccccc12. The van der Waals surface area contributed by atoms with Crippen LogP contribution < -0.4 is 0 Å². The second kappa shape index (κ2) is 4.97. The molecular weight excluding hydrogens is 248 g/mol. The van der Waals surface area contributed by atoms with Crippen LogP contribution >= 0.6 is 0 Å². The summed E-state index contributed by atoms with van der Waals surface area (Å²) in [6.07, 6.45) is -0.261. The lowest BCUT2D eigenvalue weighted by atomic mass is 9.94. The Labute approximate surface area is 118 Å². The highest BCUT2D eigenvalue weighted by Gasteiger charge is 2.15. The lowest BCUT2D eigenvalue weighted by molar-refractivity contribution is -0.145. The van der Waals surface area contributed by atoms with Crippen molar-refractivity contribution < 1.29 is 9.53 Å². The molecule has 0 aliphatic carbocycles. The van der Waals surface area contributed by atoms with Crippen LogP contribution in [0.1, 0.15) is 25.5 Å². The van der Waals surface area contributed by atoms with Gasteiger partial charge in [-0.15, -0.1) is 0 Å². The molecule has 0 bridgehead atoms. The standard InChI is InChI=1S/C18H16O2/c1-12(20-13(2)19)18-16-9-5-3-7-14(16)11-15-8-4-6-10-17(15)18/h3-12H,1-2H3/t12-/m0/s1. The highest BCUT2D eigenvalue weighted by atomic mass is 16.5. The molecule has 2 heteroatoms. The zero-order valence-electron chi connectivity index (χ0n) is 11.6. The van der Waals surface area contributed by atoms with Crippen molar-refractivity contribution in [2.45, 2.75) is 20.0 Å². The van der Waals surface area contributed by atoms with Crippen LogP contribution in [0.25, 0.3) is 21.5 Å². The van der Waals surface area contributed by atoms with Crippen LogP contribution in [0, 0.1) is 0 Å². The number of carbonyl (C=O) groups is 1. The van der Waals surface area contributed by atoms with Gasteiger partial charge in [-0.2, -0.15) is 0 Å². The molecule has 0 spiro atoms. The van der Waals surface area contributed by atoms with E-state index in [1.807, 2.05) is 31.2 Å². The first-order valence-corrected chi connectivity index (χ1v) is 6.74. The summed E-state index contributed by atoms with van der Waals surface area (Å²) < 4.78 is 5.41. The van der Waals surface area contributed by atoms with Crippen LogP contribution in [-0.2, 0) is 9.53 Å². The second-order valence-electron chi connectivity index (χ2n) is 4.98. The van der Waals surface area contributed by atoms with E-state index in [1.54, 1.807) is 0 Å². The van der Waals surface area contributed by atoms with E-state index in [2.05, 4.69) is 30.3 Å². The van der Waals surface area contributed by atoms with Crippen molar-refractivity contribution in [1.29, 1.82) is 0 Å². The first-order valence-electron chi connectivity index (χ1n) is 6.74. The fourth-order valence-electron chi connectivity index (χ4n) is 2.79. The number of rotatable bonds is 2. The lowest BCUT2D eigenvalue weighted by Gasteiger charge is -2.17. The van der Waals surface area contributed by atoms with Gasteiger partial charge in [0, 0.05) is 12.5 Å². The van der Waals surface area contributed by atoms with Crippen LogP contribution in [0.5, 0.6) is 0 Å². The molecule has 1 atom stereocenters. The topological polar surface area (TPSA) is 26.3 Å². The molecule has 0 aliphatic rings. The molecule has 0 unspecified atom stereocenters. The molecule has 0 saturated heterocycles. The zero-order chi connectivity index (χ0) is 14.1. The molecule has 2 nitrogen and oxygen atoms in total. The van der Waals surface area contributed by atoms with E-state index in [9.17, 15) is 4.79 Å². The van der Waals surface area contributed by atoms with E-state index >= 15 is 0 Å². The number of benzene rings is 3. The lowest BCUT2D eigenvalue weighted by Crippen LogP contribution is -2.06. The summed E-state index contributed by atoms with van der Waals surface area (Å²) in [6, 6.07) is 18.6. The van der Waals surface area contributed by atoms with Crippen LogP contribution in [0.15, 0.2) is 54.6 Å². The summed E-state index contributed by atoms with van der Waals surface area (Å²) in [6.45, 7) is 3.37. The van der Waals surface area contributed by atoms with E-state index in [4.69, 9.17) is 4.74 Å². The maximum Gasteiger partial charge on any atom is 0.303 e. The molecular formula is C18H16O2. The molecule has 0 aliphatic heterocycles. The Morgan fingerprint density at radius 2 is 1.45 bits per heavy atom. The first-order chi connectivity index (χ1) is 9.66. The summed E-state index contributed by atoms with van der Waals surface area (Å²) in [5.74, 6) is -0.255. The maximum atomic E-state index is 11.3. The number of esters is 1. The van der Waals surface area contributed by atoms with Gasteiger partial charge in [0.1, 0.15) is 6.10 Å². The van der Waals surface area contributed by atoms with E-state index in [0.717, 1.165) is 16.3 Å². The molecule has 0 saturated carbocycles. The monoisotopic (exact) mass is 264 g/mol. The Balaban J connectivity index is 2.35. The fraction of sp³-hybridized carbons (Fsp3) is 0.167. The number of hydrogen-bond acceptors (Lipinski definition) is 2. The van der Waals surface area contributed by atoms with Crippen LogP contribution in [-0.4, -0.2) is 5.97 Å². The molecule has 3 aromatic rings. The number of ether oxygens (including phenoxy) is 1. The summed E-state index contributed by atoms with van der Waals surface area (Å²) in [5, 5.41) is 4.61. The summed E-state index contributed by atoms with van der Waals surface area (Å²) in [7, 11) is 0. The maximum absolute atomic E-state index is 11.3. The number of hydrogen-bond donors (Lipinski definition) is 0. The van der Waals surface area contributed by atoms with Crippen LogP contribution in [0.3, 0.4) is 0 Å². The average molecular weight is 264 g/mol. The molecule has 0 aromatic heterocycles. The van der Waals surface area contributed by atoms with Gasteiger partial charge in [-0.25, -0.2) is 0 Å². The fourth-order valence-corrected chi connectivity index (χ4v) is 2.79. The highest BCUT2D eigenvalue weighted by Crippen LogP contribution is 2.34. The minimum absolute atomic E-state index is 0.255. The van der Waals surface area contributed by atoms with Gasteiger partial charge in [0.25, 0.3) is 0 Å². The van der Waals surface area contributed by atoms with Crippen molar-refractivity contribution in [1.82, 2.24) is 0 Å². The van der Waals surface area contributed by atoms with Gasteiger partial charge in [-0.1, -0.05) is 48.5 Å². The number of fused-ring (bicyclic) bond motifs is 2. The van der Waals surface area contributed by atoms with Crippen molar-refractivity contribution >= 4 is 27.5 Å². The molecule has 0 fully saturated rings. The Morgan fingerprint density at radius 3 is 1.95 bits per heavy atom. The molecule has 0 amide bonds. The van der Waals surface area contributed by atoms with Gasteiger partial charge < -0.3 is 4.74 Å². The normalized spacial score (nSPS) is 12.5. The summed E-state index contributed by atoms with van der Waals surface area (Å²) in [4.78, 5) is 11.3. The van der Waals surface area contributed by atoms with Gasteiger partial charge in [0.2, 0.25) is 0 Å². The van der Waals surface area contributed by atoms with Gasteiger partial charge >= 0.3 is 5.97 Å². The molecule has 0 heterocycles. The van der Waals surface area contributed by atoms with Crippen molar-refractivity contribution in [3.05, 3.63) is 60.2 Å². The van der Waals surface area contributed by atoms with E-state index in [0.29, 0.717) is 0 Å². The van der Waals surface area contributed by atoms with Gasteiger partial charge in [0.15, 0.2) is 0 Å². The Morgan fingerprint density at radius 1 is 0.950 bits per heavy atom. The molecule has 100 valence electrons. The van der Waals surface area contributed by atoms with Crippen molar-refractivity contribution in [2.75, 3.05) is 0 Å². The predicted molar refractivity (Wildman–Crippen MR) is 81.6 cm³/mol. The summed E-state index contributed by atoms with van der Waals surface area (Å²) in [5.41, 5.74) is 1.08. The Hall–Kier alpha value is -2.35. The molecule has 3 aromatic carbocycles. The van der Waals surface area contributed by atoms with Crippen LogP contribution in [0.4, 0.5) is 0 Å².